The fourth-order valence-corrected chi connectivity index (χ4v) is 3.22. The van der Waals surface area contributed by atoms with Crippen LogP contribution >= 0.6 is 0 Å². The molecule has 0 spiro atoms. The van der Waals surface area contributed by atoms with Crippen molar-refractivity contribution in [3.05, 3.63) is 58.9 Å². The Morgan fingerprint density at radius 1 is 1.21 bits per heavy atom. The van der Waals surface area contributed by atoms with Crippen molar-refractivity contribution in [3.8, 4) is 0 Å². The van der Waals surface area contributed by atoms with Crippen LogP contribution in [0.15, 0.2) is 36.5 Å². The first-order valence-corrected chi connectivity index (χ1v) is 8.38. The molecule has 4 heteroatoms. The molecule has 2 heterocycles. The van der Waals surface area contributed by atoms with E-state index in [1.165, 1.54) is 11.1 Å². The van der Waals surface area contributed by atoms with Crippen LogP contribution in [-0.4, -0.2) is 15.8 Å². The summed E-state index contributed by atoms with van der Waals surface area (Å²) in [6, 6.07) is 10.3. The molecule has 0 unspecified atom stereocenters. The maximum absolute atomic E-state index is 11.5. The number of fused-ring (bicyclic) bond motifs is 1. The number of aryl methyl sites for hydroxylation is 2. The molecule has 1 aromatic carbocycles. The summed E-state index contributed by atoms with van der Waals surface area (Å²) in [6.07, 6.45) is 3.73. The third-order valence-electron chi connectivity index (χ3n) is 4.55. The molecule has 0 aliphatic carbocycles. The molecule has 0 bridgehead atoms. The van der Waals surface area contributed by atoms with Crippen molar-refractivity contribution >= 4 is 23.0 Å². The summed E-state index contributed by atoms with van der Waals surface area (Å²) in [6.45, 7) is 7.85. The minimum atomic E-state index is 0.714. The number of nitrogens with one attached hydrogen (secondary N) is 1. The van der Waals surface area contributed by atoms with E-state index in [2.05, 4.69) is 40.8 Å². The Bertz CT molecular complexity index is 880. The van der Waals surface area contributed by atoms with Crippen LogP contribution < -0.4 is 5.32 Å². The number of nitrogens with zero attached hydrogens (tertiary/aromatic N) is 2. The van der Waals surface area contributed by atoms with E-state index in [1.54, 1.807) is 6.20 Å². The van der Waals surface area contributed by atoms with Crippen LogP contribution in [-0.2, 0) is 13.1 Å². The van der Waals surface area contributed by atoms with Crippen molar-refractivity contribution in [2.45, 2.75) is 40.3 Å². The van der Waals surface area contributed by atoms with E-state index in [9.17, 15) is 4.79 Å². The number of pyridine rings is 1. The molecule has 0 amide bonds. The van der Waals surface area contributed by atoms with Crippen molar-refractivity contribution in [3.63, 3.8) is 0 Å². The maximum atomic E-state index is 11.5. The minimum Gasteiger partial charge on any atom is -0.364 e. The van der Waals surface area contributed by atoms with Gasteiger partial charge in [0, 0.05) is 35.9 Å². The Morgan fingerprint density at radius 3 is 2.71 bits per heavy atom. The first-order valence-electron chi connectivity index (χ1n) is 8.38. The van der Waals surface area contributed by atoms with E-state index in [4.69, 9.17) is 0 Å². The number of rotatable bonds is 6. The van der Waals surface area contributed by atoms with E-state index in [0.717, 1.165) is 47.2 Å². The van der Waals surface area contributed by atoms with Crippen molar-refractivity contribution in [1.29, 1.82) is 0 Å². The predicted octanol–water partition coefficient (Wildman–Crippen LogP) is 4.49. The van der Waals surface area contributed by atoms with Gasteiger partial charge in [0.05, 0.1) is 5.52 Å². The molecular weight excluding hydrogens is 298 g/mol. The van der Waals surface area contributed by atoms with Gasteiger partial charge >= 0.3 is 0 Å². The van der Waals surface area contributed by atoms with Gasteiger partial charge in [0.25, 0.3) is 0 Å². The Balaban J connectivity index is 2.05. The van der Waals surface area contributed by atoms with Gasteiger partial charge in [-0.05, 0) is 37.5 Å². The van der Waals surface area contributed by atoms with Crippen LogP contribution in [0.4, 0.5) is 5.82 Å². The molecule has 4 nitrogen and oxygen atoms in total. The standard InChI is InChI=1S/C20H23N3O/c1-4-11-23-15(3)18(13-24)17-9-10-21-20(19(17)23)22-12-16-8-6-5-7-14(16)2/h5-10,13H,4,11-12H2,1-3H3,(H,21,22). The van der Waals surface area contributed by atoms with Gasteiger partial charge in [-0.2, -0.15) is 0 Å². The first-order chi connectivity index (χ1) is 11.7. The summed E-state index contributed by atoms with van der Waals surface area (Å²) < 4.78 is 2.20. The smallest absolute Gasteiger partial charge is 0.152 e. The molecule has 24 heavy (non-hydrogen) atoms. The van der Waals surface area contributed by atoms with E-state index in [0.29, 0.717) is 6.54 Å². The molecular formula is C20H23N3O. The molecule has 0 aliphatic heterocycles. The average molecular weight is 321 g/mol. The Kier molecular flexibility index (Phi) is 4.65. The number of benzene rings is 1. The monoisotopic (exact) mass is 321 g/mol. The highest BCUT2D eigenvalue weighted by molar-refractivity contribution is 6.03. The van der Waals surface area contributed by atoms with E-state index in [-0.39, 0.29) is 0 Å². The molecule has 2 aromatic heterocycles. The second kappa shape index (κ2) is 6.87. The third-order valence-corrected chi connectivity index (χ3v) is 4.55. The van der Waals surface area contributed by atoms with E-state index in [1.807, 2.05) is 25.1 Å². The molecule has 0 radical (unpaired) electrons. The zero-order valence-electron chi connectivity index (χ0n) is 14.5. The van der Waals surface area contributed by atoms with Gasteiger partial charge in [-0.15, -0.1) is 0 Å². The normalized spacial score (nSPS) is 11.0. The number of carbonyl (C=O) groups excluding carboxylic acids is 1. The summed E-state index contributed by atoms with van der Waals surface area (Å²) in [7, 11) is 0. The molecule has 124 valence electrons. The molecule has 0 aliphatic rings. The lowest BCUT2D eigenvalue weighted by Crippen LogP contribution is -2.06. The van der Waals surface area contributed by atoms with E-state index >= 15 is 0 Å². The quantitative estimate of drug-likeness (QED) is 0.681. The molecule has 3 aromatic rings. The zero-order valence-corrected chi connectivity index (χ0v) is 14.5. The fraction of sp³-hybridized carbons (Fsp3) is 0.300. The van der Waals surface area contributed by atoms with Crippen LogP contribution in [0.25, 0.3) is 10.9 Å². The topological polar surface area (TPSA) is 46.9 Å². The first kappa shape index (κ1) is 16.2. The number of hydrogen-bond donors (Lipinski definition) is 1. The lowest BCUT2D eigenvalue weighted by molar-refractivity contribution is 0.112. The van der Waals surface area contributed by atoms with Gasteiger partial charge in [-0.25, -0.2) is 4.98 Å². The SMILES string of the molecule is CCCn1c(C)c(C=O)c2ccnc(NCc3ccccc3C)c21. The van der Waals surface area contributed by atoms with Crippen LogP contribution in [0.1, 0.15) is 40.5 Å². The van der Waals surface area contributed by atoms with Gasteiger partial charge in [-0.3, -0.25) is 4.79 Å². The van der Waals surface area contributed by atoms with Gasteiger partial charge < -0.3 is 9.88 Å². The molecule has 0 fully saturated rings. The Labute approximate surface area is 142 Å². The van der Waals surface area contributed by atoms with Crippen molar-refractivity contribution in [1.82, 2.24) is 9.55 Å². The summed E-state index contributed by atoms with van der Waals surface area (Å²) in [5, 5.41) is 4.43. The van der Waals surface area contributed by atoms with Crippen LogP contribution in [0.2, 0.25) is 0 Å². The molecule has 0 atom stereocenters. The summed E-state index contributed by atoms with van der Waals surface area (Å²) >= 11 is 0. The second-order valence-electron chi connectivity index (χ2n) is 6.10. The van der Waals surface area contributed by atoms with Gasteiger partial charge in [-0.1, -0.05) is 31.2 Å². The van der Waals surface area contributed by atoms with Crippen molar-refractivity contribution in [2.75, 3.05) is 5.32 Å². The van der Waals surface area contributed by atoms with Crippen molar-refractivity contribution < 1.29 is 4.79 Å². The Morgan fingerprint density at radius 2 is 2.00 bits per heavy atom. The molecule has 3 rings (SSSR count). The average Bonchev–Trinajstić information content (AvgIpc) is 2.86. The highest BCUT2D eigenvalue weighted by Crippen LogP contribution is 2.29. The van der Waals surface area contributed by atoms with E-state index < -0.39 is 0 Å². The lowest BCUT2D eigenvalue weighted by Gasteiger charge is -2.12. The third kappa shape index (κ3) is 2.80. The largest absolute Gasteiger partial charge is 0.364 e. The highest BCUT2D eigenvalue weighted by atomic mass is 16.1. The second-order valence-corrected chi connectivity index (χ2v) is 6.10. The van der Waals surface area contributed by atoms with Gasteiger partial charge in [0.2, 0.25) is 0 Å². The summed E-state index contributed by atoms with van der Waals surface area (Å²) in [4.78, 5) is 16.1. The zero-order chi connectivity index (χ0) is 17.1. The summed E-state index contributed by atoms with van der Waals surface area (Å²) in [5.41, 5.74) is 5.30. The number of anilines is 1. The fourth-order valence-electron chi connectivity index (χ4n) is 3.22. The molecule has 0 saturated carbocycles. The van der Waals surface area contributed by atoms with Crippen LogP contribution in [0.3, 0.4) is 0 Å². The molecule has 0 saturated heterocycles. The van der Waals surface area contributed by atoms with Crippen LogP contribution in [0.5, 0.6) is 0 Å². The maximum Gasteiger partial charge on any atom is 0.152 e. The lowest BCUT2D eigenvalue weighted by atomic mass is 10.1. The van der Waals surface area contributed by atoms with Gasteiger partial charge in [0.1, 0.15) is 0 Å². The number of aldehydes is 1. The predicted molar refractivity (Wildman–Crippen MR) is 98.7 cm³/mol. The minimum absolute atomic E-state index is 0.714. The number of hydrogen-bond acceptors (Lipinski definition) is 3. The number of aromatic nitrogens is 2. The Hall–Kier alpha value is -2.62. The highest BCUT2D eigenvalue weighted by Gasteiger charge is 2.16. The van der Waals surface area contributed by atoms with Crippen LogP contribution in [0, 0.1) is 13.8 Å². The molecule has 1 N–H and O–H groups in total. The summed E-state index contributed by atoms with van der Waals surface area (Å²) in [5.74, 6) is 0.834. The van der Waals surface area contributed by atoms with Gasteiger partial charge in [0.15, 0.2) is 12.1 Å². The van der Waals surface area contributed by atoms with Crippen molar-refractivity contribution in [2.24, 2.45) is 0 Å². The number of carbonyl (C=O) groups is 1.